The van der Waals surface area contributed by atoms with Gasteiger partial charge in [-0.2, -0.15) is 0 Å². The molecule has 0 aliphatic rings. The molecule has 0 fully saturated rings. The van der Waals surface area contributed by atoms with Gasteiger partial charge in [-0.25, -0.2) is 4.98 Å². The summed E-state index contributed by atoms with van der Waals surface area (Å²) >= 11 is 1.51. The maximum absolute atomic E-state index is 5.77. The summed E-state index contributed by atoms with van der Waals surface area (Å²) in [4.78, 5) is 4.38. The zero-order valence-corrected chi connectivity index (χ0v) is 10.5. The zero-order valence-electron chi connectivity index (χ0n) is 9.65. The summed E-state index contributed by atoms with van der Waals surface area (Å²) in [5, 5.41) is 0.593. The molecule has 0 radical (unpaired) electrons. The van der Waals surface area contributed by atoms with Gasteiger partial charge in [-0.05, 0) is 43.7 Å². The van der Waals surface area contributed by atoms with E-state index in [1.807, 2.05) is 19.1 Å². The molecule has 0 amide bonds. The number of nitrogens with two attached hydrogens (primary N) is 1. The molecule has 3 aromatic rings. The average Bonchev–Trinajstić information content (AvgIpc) is 2.82. The number of benzene rings is 1. The van der Waals surface area contributed by atoms with E-state index in [0.29, 0.717) is 5.13 Å². The number of hydrogen-bond donors (Lipinski definition) is 1. The van der Waals surface area contributed by atoms with Crippen LogP contribution in [0.25, 0.3) is 21.5 Å². The molecule has 0 saturated carbocycles. The third kappa shape index (κ3) is 1.70. The Balaban J connectivity index is 2.34. The van der Waals surface area contributed by atoms with Gasteiger partial charge in [0.25, 0.3) is 0 Å². The summed E-state index contributed by atoms with van der Waals surface area (Å²) in [7, 11) is 0. The van der Waals surface area contributed by atoms with Gasteiger partial charge in [-0.1, -0.05) is 11.3 Å². The Morgan fingerprint density at radius 2 is 2.06 bits per heavy atom. The topological polar surface area (TPSA) is 52.0 Å². The summed E-state index contributed by atoms with van der Waals surface area (Å²) in [6.07, 6.45) is 0. The lowest BCUT2D eigenvalue weighted by Crippen LogP contribution is -1.83. The van der Waals surface area contributed by atoms with E-state index < -0.39 is 0 Å². The molecule has 0 spiro atoms. The van der Waals surface area contributed by atoms with Gasteiger partial charge in [0, 0.05) is 5.56 Å². The van der Waals surface area contributed by atoms with E-state index in [1.165, 1.54) is 16.9 Å². The lowest BCUT2D eigenvalue weighted by molar-refractivity contribution is 0.549. The predicted molar refractivity (Wildman–Crippen MR) is 71.2 cm³/mol. The van der Waals surface area contributed by atoms with Crippen molar-refractivity contribution in [1.82, 2.24) is 4.98 Å². The van der Waals surface area contributed by atoms with Gasteiger partial charge >= 0.3 is 0 Å². The van der Waals surface area contributed by atoms with Crippen molar-refractivity contribution in [3.05, 3.63) is 35.6 Å². The first-order chi connectivity index (χ1) is 8.13. The maximum atomic E-state index is 5.77. The van der Waals surface area contributed by atoms with Gasteiger partial charge in [0.1, 0.15) is 11.5 Å². The fourth-order valence-corrected chi connectivity index (χ4v) is 2.81. The molecule has 0 aliphatic carbocycles. The minimum absolute atomic E-state index is 0.593. The minimum Gasteiger partial charge on any atom is -0.461 e. The van der Waals surface area contributed by atoms with Crippen molar-refractivity contribution in [2.24, 2.45) is 0 Å². The molecule has 3 rings (SSSR count). The lowest BCUT2D eigenvalue weighted by atomic mass is 10.1. The van der Waals surface area contributed by atoms with Gasteiger partial charge < -0.3 is 10.2 Å². The summed E-state index contributed by atoms with van der Waals surface area (Å²) in [6.45, 7) is 4.00. The largest absolute Gasteiger partial charge is 0.461 e. The van der Waals surface area contributed by atoms with Gasteiger partial charge in [0.15, 0.2) is 5.13 Å². The third-order valence-corrected chi connectivity index (χ3v) is 3.49. The quantitative estimate of drug-likeness (QED) is 0.709. The second-order valence-electron chi connectivity index (χ2n) is 4.12. The Hall–Kier alpha value is -1.81. The van der Waals surface area contributed by atoms with Crippen molar-refractivity contribution >= 4 is 26.7 Å². The Morgan fingerprint density at radius 3 is 2.76 bits per heavy atom. The van der Waals surface area contributed by atoms with Crippen LogP contribution >= 0.6 is 11.3 Å². The number of hydrogen-bond acceptors (Lipinski definition) is 4. The number of aromatic nitrogens is 1. The van der Waals surface area contributed by atoms with Crippen LogP contribution in [0.2, 0.25) is 0 Å². The number of furan rings is 1. The van der Waals surface area contributed by atoms with Crippen LogP contribution in [0, 0.1) is 13.8 Å². The highest BCUT2D eigenvalue weighted by atomic mass is 32.1. The molecule has 0 aliphatic heterocycles. The molecule has 3 nitrogen and oxygen atoms in total. The molecule has 0 saturated heterocycles. The Kier molecular flexibility index (Phi) is 2.19. The SMILES string of the molecule is Cc1cc(-c2ccc(C)o2)c2nc(N)sc2c1. The first-order valence-corrected chi connectivity index (χ1v) is 6.18. The highest BCUT2D eigenvalue weighted by Gasteiger charge is 2.12. The van der Waals surface area contributed by atoms with Crippen LogP contribution in [0.3, 0.4) is 0 Å². The zero-order chi connectivity index (χ0) is 12.0. The highest BCUT2D eigenvalue weighted by Crippen LogP contribution is 2.34. The Morgan fingerprint density at radius 1 is 1.24 bits per heavy atom. The number of nitrogen functional groups attached to an aromatic ring is 1. The molecule has 0 bridgehead atoms. The van der Waals surface area contributed by atoms with Crippen LogP contribution in [-0.4, -0.2) is 4.98 Å². The van der Waals surface area contributed by atoms with E-state index in [4.69, 9.17) is 10.2 Å². The van der Waals surface area contributed by atoms with E-state index in [2.05, 4.69) is 24.0 Å². The van der Waals surface area contributed by atoms with E-state index in [0.717, 1.165) is 27.3 Å². The monoisotopic (exact) mass is 244 g/mol. The second kappa shape index (κ2) is 3.60. The third-order valence-electron chi connectivity index (χ3n) is 2.66. The molecule has 2 heterocycles. The van der Waals surface area contributed by atoms with Crippen molar-refractivity contribution in [1.29, 1.82) is 0 Å². The number of anilines is 1. The maximum Gasteiger partial charge on any atom is 0.181 e. The Bertz CT molecular complexity index is 697. The first kappa shape index (κ1) is 10.4. The van der Waals surface area contributed by atoms with Gasteiger partial charge in [-0.15, -0.1) is 0 Å². The fourth-order valence-electron chi connectivity index (χ4n) is 1.95. The molecular formula is C13H12N2OS. The molecule has 1 aromatic carbocycles. The number of nitrogens with zero attached hydrogens (tertiary/aromatic N) is 1. The molecule has 2 aromatic heterocycles. The smallest absolute Gasteiger partial charge is 0.181 e. The van der Waals surface area contributed by atoms with Crippen molar-refractivity contribution in [2.75, 3.05) is 5.73 Å². The van der Waals surface area contributed by atoms with Crippen LogP contribution in [0.15, 0.2) is 28.7 Å². The highest BCUT2D eigenvalue weighted by molar-refractivity contribution is 7.22. The van der Waals surface area contributed by atoms with Gasteiger partial charge in [0.2, 0.25) is 0 Å². The van der Waals surface area contributed by atoms with Crippen LogP contribution in [0.5, 0.6) is 0 Å². The van der Waals surface area contributed by atoms with Crippen molar-refractivity contribution in [3.63, 3.8) is 0 Å². The predicted octanol–water partition coefficient (Wildman–Crippen LogP) is 3.76. The van der Waals surface area contributed by atoms with Crippen LogP contribution in [0.4, 0.5) is 5.13 Å². The average molecular weight is 244 g/mol. The molecule has 4 heteroatoms. The van der Waals surface area contributed by atoms with Crippen molar-refractivity contribution in [3.8, 4) is 11.3 Å². The summed E-state index contributed by atoms with van der Waals surface area (Å²) in [5.74, 6) is 1.75. The molecule has 17 heavy (non-hydrogen) atoms. The van der Waals surface area contributed by atoms with E-state index in [9.17, 15) is 0 Å². The minimum atomic E-state index is 0.593. The summed E-state index contributed by atoms with van der Waals surface area (Å²) < 4.78 is 6.77. The second-order valence-corrected chi connectivity index (χ2v) is 5.18. The summed E-state index contributed by atoms with van der Waals surface area (Å²) in [5.41, 5.74) is 8.89. The fraction of sp³-hybridized carbons (Fsp3) is 0.154. The van der Waals surface area contributed by atoms with E-state index in [1.54, 1.807) is 0 Å². The number of fused-ring (bicyclic) bond motifs is 1. The van der Waals surface area contributed by atoms with Crippen LogP contribution in [-0.2, 0) is 0 Å². The Labute approximate surface area is 103 Å². The summed E-state index contributed by atoms with van der Waals surface area (Å²) in [6, 6.07) is 8.11. The number of rotatable bonds is 1. The first-order valence-electron chi connectivity index (χ1n) is 5.37. The number of aryl methyl sites for hydroxylation is 2. The van der Waals surface area contributed by atoms with Crippen LogP contribution < -0.4 is 5.73 Å². The van der Waals surface area contributed by atoms with Crippen molar-refractivity contribution in [2.45, 2.75) is 13.8 Å². The van der Waals surface area contributed by atoms with Crippen LogP contribution in [0.1, 0.15) is 11.3 Å². The molecule has 2 N–H and O–H groups in total. The van der Waals surface area contributed by atoms with Crippen molar-refractivity contribution < 1.29 is 4.42 Å². The normalized spacial score (nSPS) is 11.2. The molecule has 0 atom stereocenters. The van der Waals surface area contributed by atoms with Gasteiger partial charge in [-0.3, -0.25) is 0 Å². The van der Waals surface area contributed by atoms with E-state index in [-0.39, 0.29) is 0 Å². The molecule has 0 unspecified atom stereocenters. The van der Waals surface area contributed by atoms with Gasteiger partial charge in [0.05, 0.1) is 10.2 Å². The molecular weight excluding hydrogens is 232 g/mol. The molecule has 86 valence electrons. The van der Waals surface area contributed by atoms with E-state index >= 15 is 0 Å². The number of thiazole rings is 1. The standard InChI is InChI=1S/C13H12N2OS/c1-7-5-9(10-4-3-8(2)16-10)12-11(6-7)17-13(14)15-12/h3-6H,1-2H3,(H2,14,15). The lowest BCUT2D eigenvalue weighted by Gasteiger charge is -2.00.